The molecule has 1 N–H and O–H groups in total. The Morgan fingerprint density at radius 1 is 1.47 bits per heavy atom. The van der Waals surface area contributed by atoms with E-state index in [1.165, 1.54) is 6.07 Å². The number of hydrogen-bond acceptors (Lipinski definition) is 4. The van der Waals surface area contributed by atoms with Crippen LogP contribution >= 0.6 is 11.6 Å². The van der Waals surface area contributed by atoms with Gasteiger partial charge in [-0.15, -0.1) is 0 Å². The minimum Gasteiger partial charge on any atom is -0.334 e. The molecule has 0 saturated carbocycles. The molecule has 1 aromatic heterocycles. The van der Waals surface area contributed by atoms with Crippen molar-refractivity contribution in [3.63, 3.8) is 0 Å². The van der Waals surface area contributed by atoms with E-state index in [0.717, 1.165) is 6.54 Å². The van der Waals surface area contributed by atoms with E-state index in [9.17, 15) is 4.39 Å². The smallest absolute Gasteiger partial charge is 0.259 e. The fourth-order valence-electron chi connectivity index (χ4n) is 1.37. The first-order valence-corrected chi connectivity index (χ1v) is 5.51. The maximum absolute atomic E-state index is 13.2. The zero-order chi connectivity index (χ0) is 12.3. The van der Waals surface area contributed by atoms with E-state index < -0.39 is 5.82 Å². The molecule has 0 bridgehead atoms. The Bertz CT molecular complexity index is 515. The van der Waals surface area contributed by atoms with Gasteiger partial charge in [-0.05, 0) is 19.2 Å². The summed E-state index contributed by atoms with van der Waals surface area (Å²) in [5.74, 6) is 0.300. The van der Waals surface area contributed by atoms with Gasteiger partial charge in [0.05, 0.1) is 10.6 Å². The molecule has 2 rings (SSSR count). The summed E-state index contributed by atoms with van der Waals surface area (Å²) in [7, 11) is 1.84. The van der Waals surface area contributed by atoms with Gasteiger partial charge in [-0.1, -0.05) is 22.8 Å². The highest BCUT2D eigenvalue weighted by Gasteiger charge is 2.14. The van der Waals surface area contributed by atoms with Gasteiger partial charge in [0.1, 0.15) is 5.82 Å². The van der Waals surface area contributed by atoms with Crippen LogP contribution in [0.4, 0.5) is 4.39 Å². The van der Waals surface area contributed by atoms with E-state index in [2.05, 4.69) is 15.5 Å². The van der Waals surface area contributed by atoms with E-state index in [0.29, 0.717) is 17.8 Å². The number of hydrogen-bond donors (Lipinski definition) is 1. The molecule has 0 spiro atoms. The predicted molar refractivity (Wildman–Crippen MR) is 62.3 cm³/mol. The molecule has 2 aromatic rings. The lowest BCUT2D eigenvalue weighted by Crippen LogP contribution is -2.11. The summed E-state index contributed by atoms with van der Waals surface area (Å²) >= 11 is 5.83. The van der Waals surface area contributed by atoms with Gasteiger partial charge in [0.25, 0.3) is 5.89 Å². The van der Waals surface area contributed by atoms with Crippen LogP contribution in [0, 0.1) is 5.82 Å². The zero-order valence-corrected chi connectivity index (χ0v) is 9.96. The number of nitrogens with one attached hydrogen (secondary N) is 1. The highest BCUT2D eigenvalue weighted by molar-refractivity contribution is 6.33. The summed E-state index contributed by atoms with van der Waals surface area (Å²) in [6.45, 7) is 0.746. The topological polar surface area (TPSA) is 51.0 Å². The fraction of sp³-hybridized carbons (Fsp3) is 0.273. The van der Waals surface area contributed by atoms with Crippen molar-refractivity contribution in [1.29, 1.82) is 0 Å². The van der Waals surface area contributed by atoms with Gasteiger partial charge < -0.3 is 9.84 Å². The molecule has 0 unspecified atom stereocenters. The predicted octanol–water partition coefficient (Wildman–Crippen LogP) is 2.29. The maximum atomic E-state index is 13.2. The van der Waals surface area contributed by atoms with Crippen molar-refractivity contribution in [2.75, 3.05) is 13.6 Å². The number of aromatic nitrogens is 2. The second kappa shape index (κ2) is 5.25. The molecule has 0 fully saturated rings. The summed E-state index contributed by atoms with van der Waals surface area (Å²) in [6.07, 6.45) is 0.646. The van der Waals surface area contributed by atoms with Gasteiger partial charge in [-0.25, -0.2) is 4.39 Å². The molecule has 0 atom stereocenters. The van der Waals surface area contributed by atoms with Gasteiger partial charge in [0.2, 0.25) is 0 Å². The quantitative estimate of drug-likeness (QED) is 0.911. The standard InChI is InChI=1S/C11H11ClFN3O/c1-14-6-5-9-15-11(17-16-9)7-3-2-4-8(13)10(7)12/h2-4,14H,5-6H2,1H3. The number of rotatable bonds is 4. The van der Waals surface area contributed by atoms with Gasteiger partial charge in [-0.2, -0.15) is 4.98 Å². The molecule has 1 aromatic carbocycles. The van der Waals surface area contributed by atoms with Gasteiger partial charge >= 0.3 is 0 Å². The average Bonchev–Trinajstić information content (AvgIpc) is 2.78. The summed E-state index contributed by atoms with van der Waals surface area (Å²) in [4.78, 5) is 4.15. The van der Waals surface area contributed by atoms with Crippen LogP contribution in [-0.2, 0) is 6.42 Å². The highest BCUT2D eigenvalue weighted by Crippen LogP contribution is 2.28. The van der Waals surface area contributed by atoms with Crippen LogP contribution in [-0.4, -0.2) is 23.7 Å². The monoisotopic (exact) mass is 255 g/mol. The minimum absolute atomic E-state index is 0.00341. The lowest BCUT2D eigenvalue weighted by atomic mass is 10.2. The minimum atomic E-state index is -0.501. The lowest BCUT2D eigenvalue weighted by molar-refractivity contribution is 0.422. The van der Waals surface area contributed by atoms with Gasteiger partial charge in [0.15, 0.2) is 5.82 Å². The van der Waals surface area contributed by atoms with Crippen LogP contribution in [0.1, 0.15) is 5.82 Å². The van der Waals surface area contributed by atoms with E-state index in [-0.39, 0.29) is 10.9 Å². The Morgan fingerprint density at radius 3 is 3.06 bits per heavy atom. The van der Waals surface area contributed by atoms with Crippen LogP contribution < -0.4 is 5.32 Å². The molecule has 0 aliphatic rings. The first-order chi connectivity index (χ1) is 8.22. The molecular formula is C11H11ClFN3O. The van der Waals surface area contributed by atoms with E-state index >= 15 is 0 Å². The van der Waals surface area contributed by atoms with Gasteiger partial charge in [-0.3, -0.25) is 0 Å². The molecule has 6 heteroatoms. The molecule has 4 nitrogen and oxygen atoms in total. The first kappa shape index (κ1) is 12.0. The normalized spacial score (nSPS) is 10.8. The Labute approximate surface area is 103 Å². The van der Waals surface area contributed by atoms with Gasteiger partial charge in [0, 0.05) is 13.0 Å². The molecule has 0 aliphatic carbocycles. The summed E-state index contributed by atoms with van der Waals surface area (Å²) in [5, 5.41) is 6.77. The molecule has 0 saturated heterocycles. The van der Waals surface area contributed by atoms with Crippen molar-refractivity contribution >= 4 is 11.6 Å². The van der Waals surface area contributed by atoms with E-state index in [1.54, 1.807) is 12.1 Å². The first-order valence-electron chi connectivity index (χ1n) is 5.14. The molecule has 0 aliphatic heterocycles. The van der Waals surface area contributed by atoms with Crippen LogP contribution in [0.15, 0.2) is 22.7 Å². The maximum Gasteiger partial charge on any atom is 0.259 e. The van der Waals surface area contributed by atoms with Crippen LogP contribution in [0.25, 0.3) is 11.5 Å². The number of nitrogens with zero attached hydrogens (tertiary/aromatic N) is 2. The third-order valence-electron chi connectivity index (χ3n) is 2.25. The SMILES string of the molecule is CNCCc1noc(-c2cccc(F)c2Cl)n1. The summed E-state index contributed by atoms with van der Waals surface area (Å²) < 4.78 is 18.3. The van der Waals surface area contributed by atoms with Crippen molar-refractivity contribution in [2.45, 2.75) is 6.42 Å². The summed E-state index contributed by atoms with van der Waals surface area (Å²) in [5.41, 5.74) is 0.412. The third-order valence-corrected chi connectivity index (χ3v) is 2.63. The molecule has 0 amide bonds. The Kier molecular flexibility index (Phi) is 3.71. The number of likely N-dealkylation sites (N-methyl/N-ethyl adjacent to an activating group) is 1. The lowest BCUT2D eigenvalue weighted by Gasteiger charge is -1.98. The fourth-order valence-corrected chi connectivity index (χ4v) is 1.58. The molecule has 1 heterocycles. The van der Waals surface area contributed by atoms with Crippen molar-refractivity contribution < 1.29 is 8.91 Å². The molecule has 0 radical (unpaired) electrons. The third kappa shape index (κ3) is 2.62. The molecular weight excluding hydrogens is 245 g/mol. The Balaban J connectivity index is 2.27. The second-order valence-electron chi connectivity index (χ2n) is 3.47. The van der Waals surface area contributed by atoms with E-state index in [1.807, 2.05) is 7.05 Å². The highest BCUT2D eigenvalue weighted by atomic mass is 35.5. The Hall–Kier alpha value is -1.46. The van der Waals surface area contributed by atoms with Crippen LogP contribution in [0.2, 0.25) is 5.02 Å². The number of halogens is 2. The van der Waals surface area contributed by atoms with Crippen molar-refractivity contribution in [3.8, 4) is 11.5 Å². The molecule has 17 heavy (non-hydrogen) atoms. The summed E-state index contributed by atoms with van der Waals surface area (Å²) in [6, 6.07) is 4.47. The van der Waals surface area contributed by atoms with Crippen LogP contribution in [0.3, 0.4) is 0 Å². The average molecular weight is 256 g/mol. The molecule has 90 valence electrons. The number of benzene rings is 1. The van der Waals surface area contributed by atoms with Crippen molar-refractivity contribution in [3.05, 3.63) is 34.9 Å². The Morgan fingerprint density at radius 2 is 2.29 bits per heavy atom. The zero-order valence-electron chi connectivity index (χ0n) is 9.20. The van der Waals surface area contributed by atoms with Crippen molar-refractivity contribution in [1.82, 2.24) is 15.5 Å². The van der Waals surface area contributed by atoms with Crippen LogP contribution in [0.5, 0.6) is 0 Å². The van der Waals surface area contributed by atoms with E-state index in [4.69, 9.17) is 16.1 Å². The largest absolute Gasteiger partial charge is 0.334 e. The second-order valence-corrected chi connectivity index (χ2v) is 3.85. The van der Waals surface area contributed by atoms with Crippen molar-refractivity contribution in [2.24, 2.45) is 0 Å².